The van der Waals surface area contributed by atoms with Crippen LogP contribution in [0.25, 0.3) is 0 Å². The Morgan fingerprint density at radius 2 is 1.79 bits per heavy atom. The van der Waals surface area contributed by atoms with Crippen molar-refractivity contribution in [2.75, 3.05) is 43.9 Å². The van der Waals surface area contributed by atoms with Gasteiger partial charge in [-0.25, -0.2) is 17.2 Å². The Morgan fingerprint density at radius 1 is 1.12 bits per heavy atom. The number of anilines is 1. The van der Waals surface area contributed by atoms with Crippen molar-refractivity contribution in [3.05, 3.63) is 53.1 Å². The molecule has 0 unspecified atom stereocenters. The van der Waals surface area contributed by atoms with Gasteiger partial charge in [0.2, 0.25) is 0 Å². The van der Waals surface area contributed by atoms with Crippen LogP contribution in [0.15, 0.2) is 35.2 Å². The number of carbonyl (C=O) groups is 1. The lowest BCUT2D eigenvalue weighted by molar-refractivity contribution is 0.0741. The summed E-state index contributed by atoms with van der Waals surface area (Å²) < 4.78 is 58.2. The molecule has 0 saturated carbocycles. The number of hydrogen-bond acceptors (Lipinski definition) is 6. The minimum Gasteiger partial charge on any atom is -0.492 e. The van der Waals surface area contributed by atoms with Gasteiger partial charge >= 0.3 is 0 Å². The number of benzene rings is 2. The molecule has 2 aromatic carbocycles. The Hall–Kier alpha value is -3.19. The van der Waals surface area contributed by atoms with Crippen LogP contribution in [0.5, 0.6) is 5.75 Å². The van der Waals surface area contributed by atoms with E-state index in [4.69, 9.17) is 10.00 Å². The highest BCUT2D eigenvalue weighted by atomic mass is 32.2. The van der Waals surface area contributed by atoms with Crippen LogP contribution in [0.3, 0.4) is 0 Å². The summed E-state index contributed by atoms with van der Waals surface area (Å²) >= 11 is 0. The highest BCUT2D eigenvalue weighted by molar-refractivity contribution is 7.90. The molecule has 33 heavy (non-hydrogen) atoms. The third-order valence-corrected chi connectivity index (χ3v) is 6.38. The lowest BCUT2D eigenvalue weighted by atomic mass is 10.1. The van der Waals surface area contributed by atoms with Gasteiger partial charge in [-0.3, -0.25) is 4.79 Å². The van der Waals surface area contributed by atoms with Crippen molar-refractivity contribution in [2.24, 2.45) is 5.92 Å². The number of ether oxygens (including phenoxy) is 1. The molecule has 0 atom stereocenters. The van der Waals surface area contributed by atoms with E-state index in [1.54, 1.807) is 11.0 Å². The lowest BCUT2D eigenvalue weighted by Gasteiger charge is -2.36. The molecule has 0 radical (unpaired) electrons. The van der Waals surface area contributed by atoms with Crippen molar-refractivity contribution in [1.29, 1.82) is 5.26 Å². The average molecular weight is 478 g/mol. The van der Waals surface area contributed by atoms with Gasteiger partial charge in [0.25, 0.3) is 5.91 Å². The monoisotopic (exact) mass is 477 g/mol. The van der Waals surface area contributed by atoms with Crippen LogP contribution in [0, 0.1) is 28.9 Å². The molecule has 7 nitrogen and oxygen atoms in total. The number of amides is 1. The normalized spacial score (nSPS) is 14.3. The largest absolute Gasteiger partial charge is 0.492 e. The van der Waals surface area contributed by atoms with Crippen LogP contribution in [-0.4, -0.2) is 58.3 Å². The van der Waals surface area contributed by atoms with E-state index in [-0.39, 0.29) is 53.8 Å². The average Bonchev–Trinajstić information content (AvgIpc) is 2.78. The van der Waals surface area contributed by atoms with E-state index in [0.717, 1.165) is 6.26 Å². The first kappa shape index (κ1) is 24.5. The molecule has 0 N–H and O–H groups in total. The molecule has 10 heteroatoms. The molecule has 1 heterocycles. The van der Waals surface area contributed by atoms with Crippen LogP contribution in [-0.2, 0) is 9.84 Å². The number of halogens is 2. The summed E-state index contributed by atoms with van der Waals surface area (Å²) in [6.07, 6.45) is 1.06. The topological polar surface area (TPSA) is 90.7 Å². The molecule has 1 amide bonds. The second kappa shape index (κ2) is 9.75. The Kier molecular flexibility index (Phi) is 7.22. The maximum absolute atomic E-state index is 14.4. The van der Waals surface area contributed by atoms with E-state index in [1.165, 1.54) is 35.2 Å². The van der Waals surface area contributed by atoms with E-state index < -0.39 is 27.4 Å². The predicted molar refractivity (Wildman–Crippen MR) is 119 cm³/mol. The number of carbonyl (C=O) groups excluding carboxylic acids is 1. The smallest absolute Gasteiger partial charge is 0.257 e. The summed E-state index contributed by atoms with van der Waals surface area (Å²) in [6.45, 7) is 5.17. The number of nitriles is 1. The molecule has 1 aliphatic heterocycles. The molecule has 0 aromatic heterocycles. The van der Waals surface area contributed by atoms with Gasteiger partial charge < -0.3 is 14.5 Å². The van der Waals surface area contributed by atoms with Gasteiger partial charge in [-0.05, 0) is 36.2 Å². The van der Waals surface area contributed by atoms with Crippen LogP contribution in [0.1, 0.15) is 29.8 Å². The Balaban J connectivity index is 1.81. The van der Waals surface area contributed by atoms with E-state index in [1.807, 2.05) is 13.8 Å². The fourth-order valence-electron chi connectivity index (χ4n) is 3.48. The lowest BCUT2D eigenvalue weighted by Crippen LogP contribution is -2.49. The van der Waals surface area contributed by atoms with E-state index in [0.29, 0.717) is 12.4 Å². The van der Waals surface area contributed by atoms with Crippen molar-refractivity contribution in [1.82, 2.24) is 4.90 Å². The van der Waals surface area contributed by atoms with Gasteiger partial charge in [-0.15, -0.1) is 0 Å². The van der Waals surface area contributed by atoms with Crippen LogP contribution >= 0.6 is 0 Å². The quantitative estimate of drug-likeness (QED) is 0.635. The first-order valence-electron chi connectivity index (χ1n) is 10.4. The van der Waals surface area contributed by atoms with Crippen molar-refractivity contribution >= 4 is 21.4 Å². The van der Waals surface area contributed by atoms with E-state index in [2.05, 4.69) is 0 Å². The summed E-state index contributed by atoms with van der Waals surface area (Å²) in [7, 11) is -3.53. The SMILES string of the molecule is CC(C)COc1ccc(S(C)(=O)=O)cc1C(=O)N1CCN(c2ccc(C#N)c(F)c2F)CC1. The third kappa shape index (κ3) is 5.42. The second-order valence-electron chi connectivity index (χ2n) is 8.29. The predicted octanol–water partition coefficient (Wildman–Crippen LogP) is 3.24. The maximum atomic E-state index is 14.4. The highest BCUT2D eigenvalue weighted by Crippen LogP contribution is 2.28. The molecule has 0 bridgehead atoms. The molecule has 3 rings (SSSR count). The number of sulfone groups is 1. The zero-order chi connectivity index (χ0) is 24.3. The van der Waals surface area contributed by atoms with Gasteiger partial charge in [0.1, 0.15) is 11.8 Å². The van der Waals surface area contributed by atoms with Crippen molar-refractivity contribution in [3.63, 3.8) is 0 Å². The first-order chi connectivity index (χ1) is 15.5. The van der Waals surface area contributed by atoms with Gasteiger partial charge in [-0.1, -0.05) is 13.8 Å². The van der Waals surface area contributed by atoms with Crippen LogP contribution in [0.4, 0.5) is 14.5 Å². The van der Waals surface area contributed by atoms with Crippen molar-refractivity contribution < 1.29 is 26.7 Å². The molecule has 0 spiro atoms. The summed E-state index contributed by atoms with van der Waals surface area (Å²) in [5.74, 6) is -2.19. The highest BCUT2D eigenvalue weighted by Gasteiger charge is 2.28. The van der Waals surface area contributed by atoms with Gasteiger partial charge in [-0.2, -0.15) is 5.26 Å². The van der Waals surface area contributed by atoms with Gasteiger partial charge in [0, 0.05) is 32.4 Å². The standard InChI is InChI=1S/C23H25F2N3O4S/c1-15(2)14-32-20-7-5-17(33(3,30)31)12-18(20)23(29)28-10-8-27(9-11-28)19-6-4-16(13-26)21(24)22(19)25/h4-7,12,15H,8-11,14H2,1-3H3. The fourth-order valence-corrected chi connectivity index (χ4v) is 4.13. The maximum Gasteiger partial charge on any atom is 0.257 e. The zero-order valence-electron chi connectivity index (χ0n) is 18.6. The van der Waals surface area contributed by atoms with E-state index >= 15 is 0 Å². The minimum absolute atomic E-state index is 0.0107. The minimum atomic E-state index is -3.53. The summed E-state index contributed by atoms with van der Waals surface area (Å²) in [4.78, 5) is 16.4. The molecule has 1 aliphatic rings. The van der Waals surface area contributed by atoms with Crippen molar-refractivity contribution in [2.45, 2.75) is 18.7 Å². The summed E-state index contributed by atoms with van der Waals surface area (Å²) in [5, 5.41) is 8.85. The molecule has 2 aromatic rings. The fraction of sp³-hybridized carbons (Fsp3) is 0.391. The number of nitrogens with zero attached hydrogens (tertiary/aromatic N) is 3. The molecule has 1 fully saturated rings. The summed E-state index contributed by atoms with van der Waals surface area (Å²) in [5.41, 5.74) is -0.203. The van der Waals surface area contributed by atoms with Crippen LogP contribution in [0.2, 0.25) is 0 Å². The Morgan fingerprint density at radius 3 is 2.36 bits per heavy atom. The number of hydrogen-bond donors (Lipinski definition) is 0. The second-order valence-corrected chi connectivity index (χ2v) is 10.3. The Labute approximate surface area is 192 Å². The molecule has 176 valence electrons. The molecule has 1 saturated heterocycles. The third-order valence-electron chi connectivity index (χ3n) is 5.27. The molecule has 0 aliphatic carbocycles. The van der Waals surface area contributed by atoms with Crippen LogP contribution < -0.4 is 9.64 Å². The van der Waals surface area contributed by atoms with Gasteiger partial charge in [0.05, 0.1) is 28.3 Å². The zero-order valence-corrected chi connectivity index (χ0v) is 19.5. The molecular weight excluding hydrogens is 452 g/mol. The Bertz CT molecular complexity index is 1200. The number of rotatable bonds is 6. The first-order valence-corrected chi connectivity index (χ1v) is 12.3. The number of piperazine rings is 1. The van der Waals surface area contributed by atoms with E-state index in [9.17, 15) is 22.0 Å². The van der Waals surface area contributed by atoms with Gasteiger partial charge in [0.15, 0.2) is 21.5 Å². The summed E-state index contributed by atoms with van der Waals surface area (Å²) in [6, 6.07) is 8.38. The van der Waals surface area contributed by atoms with Crippen molar-refractivity contribution in [3.8, 4) is 11.8 Å². The molecular formula is C23H25F2N3O4S.